The number of anilines is 2. The number of aryl methyl sites for hydroxylation is 2. The molecule has 0 saturated carbocycles. The normalized spacial score (nSPS) is 14.4. The maximum atomic E-state index is 12.3. The number of benzene rings is 1. The number of aromatic nitrogens is 1. The molecule has 0 aliphatic carbocycles. The van der Waals surface area contributed by atoms with Crippen molar-refractivity contribution >= 4 is 34.0 Å². The molecule has 0 atom stereocenters. The Morgan fingerprint density at radius 2 is 2.18 bits per heavy atom. The van der Waals surface area contributed by atoms with Crippen LogP contribution < -0.4 is 10.2 Å². The van der Waals surface area contributed by atoms with Gasteiger partial charge in [0.1, 0.15) is 6.54 Å². The van der Waals surface area contributed by atoms with E-state index >= 15 is 0 Å². The zero-order valence-electron chi connectivity index (χ0n) is 12.3. The fourth-order valence-electron chi connectivity index (χ4n) is 2.57. The molecule has 2 amide bonds. The van der Waals surface area contributed by atoms with Gasteiger partial charge >= 0.3 is 0 Å². The molecule has 1 aliphatic heterocycles. The first-order valence-corrected chi connectivity index (χ1v) is 8.05. The molecule has 6 heteroatoms. The molecule has 2 heterocycles. The van der Waals surface area contributed by atoms with Gasteiger partial charge in [-0.2, -0.15) is 0 Å². The molecule has 5 nitrogen and oxygen atoms in total. The Balaban J connectivity index is 1.77. The number of amides is 2. The minimum atomic E-state index is -0.223. The number of thiazole rings is 1. The molecule has 0 unspecified atom stereocenters. The first-order valence-electron chi connectivity index (χ1n) is 7.24. The summed E-state index contributed by atoms with van der Waals surface area (Å²) < 4.78 is 0. The van der Waals surface area contributed by atoms with Gasteiger partial charge in [0.2, 0.25) is 11.8 Å². The number of rotatable bonds is 3. The van der Waals surface area contributed by atoms with Crippen LogP contribution in [0.15, 0.2) is 30.5 Å². The Morgan fingerprint density at radius 3 is 2.95 bits per heavy atom. The molecular weight excluding hydrogens is 298 g/mol. The highest BCUT2D eigenvalue weighted by Gasteiger charge is 2.24. The average molecular weight is 315 g/mol. The summed E-state index contributed by atoms with van der Waals surface area (Å²) in [6.07, 6.45) is 3.87. The van der Waals surface area contributed by atoms with E-state index in [1.165, 1.54) is 11.3 Å². The van der Waals surface area contributed by atoms with Crippen molar-refractivity contribution in [2.24, 2.45) is 0 Å². The number of nitrogens with one attached hydrogen (secondary N) is 1. The van der Waals surface area contributed by atoms with Gasteiger partial charge in [0.25, 0.3) is 0 Å². The third-order valence-electron chi connectivity index (χ3n) is 3.59. The summed E-state index contributed by atoms with van der Waals surface area (Å²) in [6, 6.07) is 7.78. The molecule has 0 spiro atoms. The molecule has 3 rings (SSSR count). The third kappa shape index (κ3) is 3.17. The van der Waals surface area contributed by atoms with E-state index in [0.29, 0.717) is 11.6 Å². The number of carbonyl (C=O) groups excluding carboxylic acids is 2. The van der Waals surface area contributed by atoms with Crippen LogP contribution >= 0.6 is 11.3 Å². The van der Waals surface area contributed by atoms with Gasteiger partial charge in [0.05, 0.1) is 0 Å². The molecule has 0 bridgehead atoms. The van der Waals surface area contributed by atoms with Gasteiger partial charge in [-0.1, -0.05) is 18.2 Å². The van der Waals surface area contributed by atoms with Crippen LogP contribution in [0.4, 0.5) is 10.8 Å². The summed E-state index contributed by atoms with van der Waals surface area (Å²) in [6.45, 7) is 1.95. The molecular formula is C16H17N3O2S. The molecule has 2 aromatic rings. The number of hydrogen-bond acceptors (Lipinski definition) is 4. The van der Waals surface area contributed by atoms with Crippen molar-refractivity contribution < 1.29 is 9.59 Å². The van der Waals surface area contributed by atoms with Crippen LogP contribution in [-0.2, 0) is 16.0 Å². The van der Waals surface area contributed by atoms with E-state index in [-0.39, 0.29) is 18.4 Å². The lowest BCUT2D eigenvalue weighted by Gasteiger charge is -2.22. The molecule has 1 aromatic heterocycles. The zero-order valence-corrected chi connectivity index (χ0v) is 13.2. The molecule has 1 N–H and O–H groups in total. The lowest BCUT2D eigenvalue weighted by atomic mass is 10.1. The Bertz CT molecular complexity index is 711. The number of hydrogen-bond donors (Lipinski definition) is 1. The molecule has 0 radical (unpaired) electrons. The van der Waals surface area contributed by atoms with Gasteiger partial charge < -0.3 is 10.2 Å². The summed E-state index contributed by atoms with van der Waals surface area (Å²) in [4.78, 5) is 31.3. The fraction of sp³-hybridized carbons (Fsp3) is 0.312. The minimum Gasteiger partial charge on any atom is -0.303 e. The van der Waals surface area contributed by atoms with Gasteiger partial charge in [0, 0.05) is 23.2 Å². The van der Waals surface area contributed by atoms with Crippen LogP contribution in [0.25, 0.3) is 0 Å². The predicted octanol–water partition coefficient (Wildman–Crippen LogP) is 2.76. The van der Waals surface area contributed by atoms with E-state index in [1.807, 2.05) is 31.2 Å². The van der Waals surface area contributed by atoms with Crippen LogP contribution in [0.1, 0.15) is 23.3 Å². The van der Waals surface area contributed by atoms with Gasteiger partial charge in [-0.25, -0.2) is 4.98 Å². The van der Waals surface area contributed by atoms with Gasteiger partial charge in [-0.05, 0) is 31.4 Å². The number of fused-ring (bicyclic) bond motifs is 1. The van der Waals surface area contributed by atoms with Gasteiger partial charge in [-0.3, -0.25) is 9.59 Å². The minimum absolute atomic E-state index is 0.00424. The summed E-state index contributed by atoms with van der Waals surface area (Å²) in [7, 11) is 0. The number of carbonyl (C=O) groups is 2. The predicted molar refractivity (Wildman–Crippen MR) is 87.2 cm³/mol. The largest absolute Gasteiger partial charge is 0.303 e. The van der Waals surface area contributed by atoms with Gasteiger partial charge in [-0.15, -0.1) is 11.3 Å². The maximum Gasteiger partial charge on any atom is 0.246 e. The second-order valence-electron chi connectivity index (χ2n) is 5.29. The summed E-state index contributed by atoms with van der Waals surface area (Å²) >= 11 is 1.42. The highest BCUT2D eigenvalue weighted by atomic mass is 32.1. The smallest absolute Gasteiger partial charge is 0.246 e. The SMILES string of the molecule is Cc1cnc(NC(=O)CN2C(=O)CCCc3ccccc32)s1. The third-order valence-corrected chi connectivity index (χ3v) is 4.42. The quantitative estimate of drug-likeness (QED) is 0.947. The second kappa shape index (κ2) is 6.27. The Kier molecular flexibility index (Phi) is 4.20. The number of para-hydroxylation sites is 1. The van der Waals surface area contributed by atoms with Crippen molar-refractivity contribution in [1.29, 1.82) is 0 Å². The lowest BCUT2D eigenvalue weighted by Crippen LogP contribution is -2.37. The maximum absolute atomic E-state index is 12.3. The fourth-order valence-corrected chi connectivity index (χ4v) is 3.25. The Hall–Kier alpha value is -2.21. The molecule has 0 saturated heterocycles. The van der Waals surface area contributed by atoms with Crippen molar-refractivity contribution in [2.75, 3.05) is 16.8 Å². The lowest BCUT2D eigenvalue weighted by molar-refractivity contribution is -0.121. The van der Waals surface area contributed by atoms with Crippen LogP contribution in [0, 0.1) is 6.92 Å². The first-order chi connectivity index (χ1) is 10.6. The van der Waals surface area contributed by atoms with Crippen LogP contribution in [0.3, 0.4) is 0 Å². The van der Waals surface area contributed by atoms with Crippen molar-refractivity contribution in [3.8, 4) is 0 Å². The van der Waals surface area contributed by atoms with E-state index in [1.54, 1.807) is 11.1 Å². The van der Waals surface area contributed by atoms with Crippen molar-refractivity contribution in [1.82, 2.24) is 4.98 Å². The molecule has 114 valence electrons. The van der Waals surface area contributed by atoms with Crippen LogP contribution in [0.2, 0.25) is 0 Å². The van der Waals surface area contributed by atoms with Crippen LogP contribution in [-0.4, -0.2) is 23.3 Å². The number of nitrogens with zero attached hydrogens (tertiary/aromatic N) is 2. The van der Waals surface area contributed by atoms with Crippen molar-refractivity contribution in [3.63, 3.8) is 0 Å². The van der Waals surface area contributed by atoms with E-state index in [2.05, 4.69) is 10.3 Å². The highest BCUT2D eigenvalue weighted by Crippen LogP contribution is 2.26. The molecule has 1 aromatic carbocycles. The highest BCUT2D eigenvalue weighted by molar-refractivity contribution is 7.15. The Labute approximate surface area is 133 Å². The summed E-state index contributed by atoms with van der Waals surface area (Å²) in [5.74, 6) is -0.227. The van der Waals surface area contributed by atoms with E-state index in [9.17, 15) is 9.59 Å². The monoisotopic (exact) mass is 315 g/mol. The van der Waals surface area contributed by atoms with E-state index in [0.717, 1.165) is 29.0 Å². The van der Waals surface area contributed by atoms with Gasteiger partial charge in [0.15, 0.2) is 5.13 Å². The molecule has 22 heavy (non-hydrogen) atoms. The Morgan fingerprint density at radius 1 is 1.36 bits per heavy atom. The molecule has 0 fully saturated rings. The standard InChI is InChI=1S/C16H17N3O2S/c1-11-9-17-16(22-11)18-14(20)10-19-13-7-3-2-5-12(13)6-4-8-15(19)21/h2-3,5,7,9H,4,6,8,10H2,1H3,(H,17,18,20). The molecule has 1 aliphatic rings. The zero-order chi connectivity index (χ0) is 15.5. The van der Waals surface area contributed by atoms with E-state index < -0.39 is 0 Å². The summed E-state index contributed by atoms with van der Waals surface area (Å²) in [5, 5.41) is 3.32. The topological polar surface area (TPSA) is 62.3 Å². The first kappa shape index (κ1) is 14.7. The van der Waals surface area contributed by atoms with E-state index in [4.69, 9.17) is 0 Å². The second-order valence-corrected chi connectivity index (χ2v) is 6.52. The van der Waals surface area contributed by atoms with Crippen molar-refractivity contribution in [3.05, 3.63) is 40.9 Å². The summed E-state index contributed by atoms with van der Waals surface area (Å²) in [5.41, 5.74) is 1.96. The van der Waals surface area contributed by atoms with Crippen molar-refractivity contribution in [2.45, 2.75) is 26.2 Å². The average Bonchev–Trinajstić information content (AvgIpc) is 2.83. The van der Waals surface area contributed by atoms with Crippen LogP contribution in [0.5, 0.6) is 0 Å².